The molecule has 1 aromatic heterocycles. The van der Waals surface area contributed by atoms with Crippen LogP contribution in [0.1, 0.15) is 45.5 Å². The topological polar surface area (TPSA) is 50.2 Å². The highest BCUT2D eigenvalue weighted by Crippen LogP contribution is 2.26. The van der Waals surface area contributed by atoms with Gasteiger partial charge in [0.05, 0.1) is 16.9 Å². The summed E-state index contributed by atoms with van der Waals surface area (Å²) in [6, 6.07) is 6.00. The zero-order chi connectivity index (χ0) is 18.0. The molecule has 0 radical (unpaired) electrons. The average molecular weight is 363 g/mol. The lowest BCUT2D eigenvalue weighted by Gasteiger charge is -2.38. The van der Waals surface area contributed by atoms with Crippen LogP contribution in [-0.4, -0.2) is 40.1 Å². The minimum atomic E-state index is 0.00860. The first kappa shape index (κ1) is 18.4. The molecule has 0 aliphatic carbocycles. The molecule has 136 valence electrons. The molecule has 2 heterocycles. The molecule has 3 rings (SSSR count). The van der Waals surface area contributed by atoms with Crippen molar-refractivity contribution in [3.63, 3.8) is 0 Å². The third-order valence-electron chi connectivity index (χ3n) is 4.96. The molecule has 25 heavy (non-hydrogen) atoms. The number of hydrogen-bond acceptors (Lipinski definition) is 4. The van der Waals surface area contributed by atoms with Crippen LogP contribution in [0.4, 0.5) is 0 Å². The van der Waals surface area contributed by atoms with E-state index < -0.39 is 0 Å². The van der Waals surface area contributed by atoms with E-state index in [1.165, 1.54) is 0 Å². The second-order valence-corrected chi connectivity index (χ2v) is 7.27. The Labute approximate surface area is 154 Å². The molecule has 2 aromatic rings. The molecule has 1 saturated heterocycles. The molecule has 1 aliphatic heterocycles. The first-order valence-electron chi connectivity index (χ1n) is 9.22. The summed E-state index contributed by atoms with van der Waals surface area (Å²) in [6.45, 7) is 9.95. The van der Waals surface area contributed by atoms with Crippen molar-refractivity contribution in [2.24, 2.45) is 0 Å². The van der Waals surface area contributed by atoms with Gasteiger partial charge in [-0.15, -0.1) is 0 Å². The molecule has 5 nitrogen and oxygen atoms in total. The highest BCUT2D eigenvalue weighted by molar-refractivity contribution is 6.31. The molecule has 6 heteroatoms. The van der Waals surface area contributed by atoms with Crippen LogP contribution in [0.15, 0.2) is 23.0 Å². The molecule has 2 atom stereocenters. The van der Waals surface area contributed by atoms with Gasteiger partial charge >= 0.3 is 0 Å². The van der Waals surface area contributed by atoms with Crippen molar-refractivity contribution in [2.75, 3.05) is 19.6 Å². The van der Waals surface area contributed by atoms with Crippen molar-refractivity contribution < 1.29 is 0 Å². The first-order valence-corrected chi connectivity index (χ1v) is 9.60. The van der Waals surface area contributed by atoms with E-state index in [0.29, 0.717) is 23.0 Å². The van der Waals surface area contributed by atoms with Crippen molar-refractivity contribution >= 4 is 22.5 Å². The van der Waals surface area contributed by atoms with E-state index in [1.807, 2.05) is 17.6 Å². The van der Waals surface area contributed by atoms with Gasteiger partial charge in [-0.2, -0.15) is 0 Å². The minimum Gasteiger partial charge on any atom is -0.312 e. The molecule has 1 unspecified atom stereocenters. The zero-order valence-corrected chi connectivity index (χ0v) is 16.0. The third-order valence-corrected chi connectivity index (χ3v) is 5.20. The summed E-state index contributed by atoms with van der Waals surface area (Å²) in [5.74, 6) is 0.887. The molecule has 1 aromatic carbocycles. The number of fused-ring (bicyclic) bond motifs is 1. The second-order valence-electron chi connectivity index (χ2n) is 6.84. The van der Waals surface area contributed by atoms with Crippen molar-refractivity contribution in [2.45, 2.75) is 52.2 Å². The molecule has 0 amide bonds. The Morgan fingerprint density at radius 3 is 2.88 bits per heavy atom. The average Bonchev–Trinajstić information content (AvgIpc) is 2.60. The lowest BCUT2D eigenvalue weighted by molar-refractivity contribution is 0.132. The van der Waals surface area contributed by atoms with Crippen LogP contribution in [0.2, 0.25) is 5.02 Å². The Hall–Kier alpha value is -1.43. The second kappa shape index (κ2) is 7.85. The number of nitrogens with zero attached hydrogens (tertiary/aromatic N) is 3. The number of nitrogens with one attached hydrogen (secondary N) is 1. The quantitative estimate of drug-likeness (QED) is 0.887. The molecular weight excluding hydrogens is 336 g/mol. The Bertz CT molecular complexity index is 804. The summed E-state index contributed by atoms with van der Waals surface area (Å²) in [4.78, 5) is 20.4. The Morgan fingerprint density at radius 1 is 1.40 bits per heavy atom. The summed E-state index contributed by atoms with van der Waals surface area (Å²) >= 11 is 6.08. The number of piperazine rings is 1. The molecular formula is C19H27ClN4O. The van der Waals surface area contributed by atoms with Gasteiger partial charge in [-0.05, 0) is 38.5 Å². The van der Waals surface area contributed by atoms with E-state index in [1.54, 1.807) is 12.1 Å². The van der Waals surface area contributed by atoms with Gasteiger partial charge < -0.3 is 5.32 Å². The van der Waals surface area contributed by atoms with Gasteiger partial charge in [-0.1, -0.05) is 24.9 Å². The first-order chi connectivity index (χ1) is 12.0. The summed E-state index contributed by atoms with van der Waals surface area (Å²) in [6.07, 6.45) is 2.06. The van der Waals surface area contributed by atoms with Crippen molar-refractivity contribution in [1.82, 2.24) is 19.8 Å². The van der Waals surface area contributed by atoms with E-state index in [4.69, 9.17) is 16.6 Å². The number of hydrogen-bond donors (Lipinski definition) is 1. The number of rotatable bonds is 5. The van der Waals surface area contributed by atoms with Crippen LogP contribution in [0.5, 0.6) is 0 Å². The molecule has 0 bridgehead atoms. The number of aromatic nitrogens is 2. The van der Waals surface area contributed by atoms with Gasteiger partial charge in [-0.3, -0.25) is 14.3 Å². The molecule has 1 fully saturated rings. The van der Waals surface area contributed by atoms with Crippen molar-refractivity contribution in [3.05, 3.63) is 39.4 Å². The molecule has 0 saturated carbocycles. The summed E-state index contributed by atoms with van der Waals surface area (Å²) in [5, 5.41) is 4.66. The van der Waals surface area contributed by atoms with Crippen LogP contribution >= 0.6 is 11.6 Å². The Morgan fingerprint density at radius 2 is 2.20 bits per heavy atom. The summed E-state index contributed by atoms with van der Waals surface area (Å²) in [7, 11) is 0. The monoisotopic (exact) mass is 362 g/mol. The maximum atomic E-state index is 13.0. The highest BCUT2D eigenvalue weighted by atomic mass is 35.5. The minimum absolute atomic E-state index is 0.00860. The SMILES string of the molecule is CCCC(c1nc2ccc(Cl)cc2c(=O)n1CC)N1CCN[C@H](C)C1. The fraction of sp³-hybridized carbons (Fsp3) is 0.579. The van der Waals surface area contributed by atoms with Crippen LogP contribution in [-0.2, 0) is 6.54 Å². The van der Waals surface area contributed by atoms with E-state index >= 15 is 0 Å². The predicted molar refractivity (Wildman–Crippen MR) is 103 cm³/mol. The normalized spacial score (nSPS) is 20.1. The van der Waals surface area contributed by atoms with E-state index in [2.05, 4.69) is 24.1 Å². The van der Waals surface area contributed by atoms with E-state index in [9.17, 15) is 4.79 Å². The van der Waals surface area contributed by atoms with Crippen LogP contribution in [0.3, 0.4) is 0 Å². The largest absolute Gasteiger partial charge is 0.312 e. The van der Waals surface area contributed by atoms with Gasteiger partial charge in [0.1, 0.15) is 5.82 Å². The smallest absolute Gasteiger partial charge is 0.261 e. The van der Waals surface area contributed by atoms with Crippen LogP contribution < -0.4 is 10.9 Å². The Balaban J connectivity index is 2.13. The van der Waals surface area contributed by atoms with E-state index in [-0.39, 0.29) is 11.6 Å². The van der Waals surface area contributed by atoms with Gasteiger partial charge in [0.15, 0.2) is 0 Å². The lowest BCUT2D eigenvalue weighted by atomic mass is 10.1. The van der Waals surface area contributed by atoms with E-state index in [0.717, 1.165) is 43.8 Å². The molecule has 0 spiro atoms. The van der Waals surface area contributed by atoms with Gasteiger partial charge in [-0.25, -0.2) is 4.98 Å². The summed E-state index contributed by atoms with van der Waals surface area (Å²) in [5.41, 5.74) is 0.743. The fourth-order valence-corrected chi connectivity index (χ4v) is 3.94. The van der Waals surface area contributed by atoms with Gasteiger partial charge in [0.2, 0.25) is 0 Å². The number of halogens is 1. The summed E-state index contributed by atoms with van der Waals surface area (Å²) < 4.78 is 1.83. The van der Waals surface area contributed by atoms with Crippen molar-refractivity contribution in [1.29, 1.82) is 0 Å². The van der Waals surface area contributed by atoms with Crippen LogP contribution in [0.25, 0.3) is 10.9 Å². The highest BCUT2D eigenvalue weighted by Gasteiger charge is 2.28. The standard InChI is InChI=1S/C19H27ClN4O/c1-4-6-17(23-10-9-21-13(3)12-23)18-22-16-8-7-14(20)11-15(16)19(25)24(18)5-2/h7-8,11,13,17,21H,4-6,9-10,12H2,1-3H3/t13-,17?/m1/s1. The fourth-order valence-electron chi connectivity index (χ4n) is 3.76. The maximum absolute atomic E-state index is 13.0. The maximum Gasteiger partial charge on any atom is 0.261 e. The predicted octanol–water partition coefficient (Wildman–Crippen LogP) is 3.20. The van der Waals surface area contributed by atoms with Crippen LogP contribution in [0, 0.1) is 0 Å². The lowest BCUT2D eigenvalue weighted by Crippen LogP contribution is -2.51. The third kappa shape index (κ3) is 3.73. The zero-order valence-electron chi connectivity index (χ0n) is 15.3. The van der Waals surface area contributed by atoms with Crippen molar-refractivity contribution in [3.8, 4) is 0 Å². The molecule has 1 aliphatic rings. The molecule has 1 N–H and O–H groups in total. The number of benzene rings is 1. The Kier molecular flexibility index (Phi) is 5.77. The van der Waals surface area contributed by atoms with Gasteiger partial charge in [0.25, 0.3) is 5.56 Å². The van der Waals surface area contributed by atoms with Gasteiger partial charge in [0, 0.05) is 37.2 Å².